The van der Waals surface area contributed by atoms with Crippen molar-refractivity contribution >= 4 is 6.09 Å². The van der Waals surface area contributed by atoms with Gasteiger partial charge >= 0.3 is 6.09 Å². The lowest BCUT2D eigenvalue weighted by Gasteiger charge is -2.45. The van der Waals surface area contributed by atoms with Gasteiger partial charge in [0.15, 0.2) is 0 Å². The Morgan fingerprint density at radius 2 is 2.04 bits per heavy atom. The quantitative estimate of drug-likeness (QED) is 0.851. The molecule has 3 rings (SSSR count). The predicted octanol–water partition coefficient (Wildman–Crippen LogP) is 2.32. The van der Waals surface area contributed by atoms with Crippen LogP contribution in [-0.4, -0.2) is 67.2 Å². The Hall–Kier alpha value is -0.850. The van der Waals surface area contributed by atoms with Crippen molar-refractivity contribution < 1.29 is 19.0 Å². The summed E-state index contributed by atoms with van der Waals surface area (Å²) in [6.45, 7) is 10.9. The minimum absolute atomic E-state index is 0.0834. The fourth-order valence-electron chi connectivity index (χ4n) is 3.87. The third kappa shape index (κ3) is 4.41. The van der Waals surface area contributed by atoms with Gasteiger partial charge in [0.25, 0.3) is 0 Å². The van der Waals surface area contributed by atoms with Crippen LogP contribution in [0.15, 0.2) is 0 Å². The van der Waals surface area contributed by atoms with E-state index in [1.54, 1.807) is 0 Å². The van der Waals surface area contributed by atoms with E-state index in [0.717, 1.165) is 58.5 Å². The number of hydrogen-bond acceptors (Lipinski definition) is 5. The van der Waals surface area contributed by atoms with E-state index in [2.05, 4.69) is 10.2 Å². The topological polar surface area (TPSA) is 60.0 Å². The van der Waals surface area contributed by atoms with Gasteiger partial charge in [0.05, 0.1) is 13.2 Å². The molecule has 0 aromatic carbocycles. The van der Waals surface area contributed by atoms with Crippen LogP contribution >= 0.6 is 0 Å². The number of amides is 1. The average Bonchev–Trinajstić information content (AvgIpc) is 2.87. The smallest absolute Gasteiger partial charge is 0.408 e. The van der Waals surface area contributed by atoms with Crippen LogP contribution in [0.5, 0.6) is 0 Å². The Bertz CT molecular complexity index is 450. The third-order valence-electron chi connectivity index (χ3n) is 5.38. The van der Waals surface area contributed by atoms with Crippen molar-refractivity contribution in [1.29, 1.82) is 0 Å². The molecule has 3 aliphatic rings. The molecule has 1 saturated carbocycles. The van der Waals surface area contributed by atoms with Crippen molar-refractivity contribution in [2.75, 3.05) is 39.5 Å². The van der Waals surface area contributed by atoms with Crippen LogP contribution in [0, 0.1) is 0 Å². The molecule has 2 saturated heterocycles. The minimum Gasteiger partial charge on any atom is -0.444 e. The highest BCUT2D eigenvalue weighted by molar-refractivity contribution is 5.69. The molecule has 3 fully saturated rings. The van der Waals surface area contributed by atoms with Gasteiger partial charge in [-0.25, -0.2) is 4.79 Å². The van der Waals surface area contributed by atoms with Gasteiger partial charge < -0.3 is 19.5 Å². The van der Waals surface area contributed by atoms with Gasteiger partial charge in [-0.2, -0.15) is 0 Å². The summed E-state index contributed by atoms with van der Waals surface area (Å²) >= 11 is 0. The van der Waals surface area contributed by atoms with Crippen molar-refractivity contribution in [3.8, 4) is 0 Å². The predicted molar refractivity (Wildman–Crippen MR) is 91.1 cm³/mol. The average molecular weight is 340 g/mol. The second-order valence-corrected chi connectivity index (χ2v) is 8.62. The SMILES string of the molecule is CC(C)(C)OC(=O)NC1(CCN2CCOC3(CCOC3)C2)CCC1. The van der Waals surface area contributed by atoms with Crippen LogP contribution in [0.2, 0.25) is 0 Å². The Morgan fingerprint density at radius 1 is 1.25 bits per heavy atom. The van der Waals surface area contributed by atoms with E-state index in [1.165, 1.54) is 6.42 Å². The number of carbonyl (C=O) groups is 1. The molecule has 1 N–H and O–H groups in total. The Labute approximate surface area is 145 Å². The summed E-state index contributed by atoms with van der Waals surface area (Å²) in [5.74, 6) is 0. The molecule has 24 heavy (non-hydrogen) atoms. The second kappa shape index (κ2) is 6.81. The summed E-state index contributed by atoms with van der Waals surface area (Å²) in [5.41, 5.74) is -0.627. The normalized spacial score (nSPS) is 30.1. The molecule has 1 spiro atoms. The van der Waals surface area contributed by atoms with Gasteiger partial charge in [-0.3, -0.25) is 4.90 Å². The zero-order chi connectivity index (χ0) is 17.3. The van der Waals surface area contributed by atoms with Crippen molar-refractivity contribution in [2.24, 2.45) is 0 Å². The number of carbonyl (C=O) groups excluding carboxylic acids is 1. The summed E-state index contributed by atoms with van der Waals surface area (Å²) in [4.78, 5) is 14.6. The molecule has 0 bridgehead atoms. The number of morpholine rings is 1. The zero-order valence-corrected chi connectivity index (χ0v) is 15.4. The molecule has 0 aromatic rings. The highest BCUT2D eigenvalue weighted by Gasteiger charge is 2.43. The maximum atomic E-state index is 12.1. The summed E-state index contributed by atoms with van der Waals surface area (Å²) in [5, 5.41) is 3.14. The number of nitrogens with zero attached hydrogens (tertiary/aromatic N) is 1. The molecular formula is C18H32N2O4. The Morgan fingerprint density at radius 3 is 2.62 bits per heavy atom. The maximum Gasteiger partial charge on any atom is 0.408 e. The summed E-state index contributed by atoms with van der Waals surface area (Å²) < 4.78 is 17.0. The van der Waals surface area contributed by atoms with Crippen LogP contribution in [0.25, 0.3) is 0 Å². The van der Waals surface area contributed by atoms with E-state index in [9.17, 15) is 4.79 Å². The fourth-order valence-corrected chi connectivity index (χ4v) is 3.87. The molecule has 0 radical (unpaired) electrons. The van der Waals surface area contributed by atoms with Crippen molar-refractivity contribution in [3.63, 3.8) is 0 Å². The fraction of sp³-hybridized carbons (Fsp3) is 0.944. The van der Waals surface area contributed by atoms with E-state index in [-0.39, 0.29) is 17.2 Å². The van der Waals surface area contributed by atoms with Crippen molar-refractivity contribution in [3.05, 3.63) is 0 Å². The first-order valence-corrected chi connectivity index (χ1v) is 9.25. The number of nitrogens with one attached hydrogen (secondary N) is 1. The molecule has 138 valence electrons. The van der Waals surface area contributed by atoms with Crippen LogP contribution in [0.1, 0.15) is 52.9 Å². The highest BCUT2D eigenvalue weighted by atomic mass is 16.6. The maximum absolute atomic E-state index is 12.1. The molecule has 6 nitrogen and oxygen atoms in total. The lowest BCUT2D eigenvalue weighted by Crippen LogP contribution is -2.58. The van der Waals surface area contributed by atoms with Gasteiger partial charge in [-0.05, 0) is 46.5 Å². The summed E-state index contributed by atoms with van der Waals surface area (Å²) in [6, 6.07) is 0. The Balaban J connectivity index is 1.49. The lowest BCUT2D eigenvalue weighted by molar-refractivity contribution is -0.110. The molecule has 1 atom stereocenters. The molecule has 2 heterocycles. The first kappa shape index (κ1) is 18.0. The van der Waals surface area contributed by atoms with E-state index in [4.69, 9.17) is 14.2 Å². The molecule has 0 aromatic heterocycles. The molecule has 1 unspecified atom stereocenters. The van der Waals surface area contributed by atoms with E-state index in [1.807, 2.05) is 20.8 Å². The molecular weight excluding hydrogens is 308 g/mol. The van der Waals surface area contributed by atoms with Gasteiger partial charge in [-0.1, -0.05) is 0 Å². The highest BCUT2D eigenvalue weighted by Crippen LogP contribution is 2.36. The zero-order valence-electron chi connectivity index (χ0n) is 15.4. The second-order valence-electron chi connectivity index (χ2n) is 8.62. The van der Waals surface area contributed by atoms with Gasteiger partial charge in [-0.15, -0.1) is 0 Å². The monoisotopic (exact) mass is 340 g/mol. The molecule has 1 amide bonds. The first-order valence-electron chi connectivity index (χ1n) is 9.25. The number of rotatable bonds is 4. The van der Waals surface area contributed by atoms with E-state index >= 15 is 0 Å². The van der Waals surface area contributed by atoms with Crippen LogP contribution in [0.4, 0.5) is 4.79 Å². The van der Waals surface area contributed by atoms with E-state index < -0.39 is 5.60 Å². The number of alkyl carbamates (subject to hydrolysis) is 1. The molecule has 1 aliphatic carbocycles. The van der Waals surface area contributed by atoms with Gasteiger partial charge in [0.2, 0.25) is 0 Å². The van der Waals surface area contributed by atoms with Crippen LogP contribution < -0.4 is 5.32 Å². The number of ether oxygens (including phenoxy) is 3. The Kier molecular flexibility index (Phi) is 5.09. The standard InChI is InChI=1S/C18H32N2O4/c1-16(2,3)24-15(21)19-17(5-4-6-17)7-9-20-10-12-23-18(13-20)8-11-22-14-18/h4-14H2,1-3H3,(H,19,21). The summed E-state index contributed by atoms with van der Waals surface area (Å²) in [7, 11) is 0. The van der Waals surface area contributed by atoms with Crippen LogP contribution in [0.3, 0.4) is 0 Å². The van der Waals surface area contributed by atoms with E-state index in [0.29, 0.717) is 6.61 Å². The first-order chi connectivity index (χ1) is 11.3. The third-order valence-corrected chi connectivity index (χ3v) is 5.38. The van der Waals surface area contributed by atoms with Crippen LogP contribution in [-0.2, 0) is 14.2 Å². The van der Waals surface area contributed by atoms with Gasteiger partial charge in [0.1, 0.15) is 11.2 Å². The summed E-state index contributed by atoms with van der Waals surface area (Å²) in [6.07, 6.45) is 4.95. The molecule has 6 heteroatoms. The molecule has 2 aliphatic heterocycles. The van der Waals surface area contributed by atoms with Crippen molar-refractivity contribution in [2.45, 2.75) is 69.6 Å². The minimum atomic E-state index is -0.450. The van der Waals surface area contributed by atoms with Gasteiger partial charge in [0, 0.05) is 38.2 Å². The van der Waals surface area contributed by atoms with Crippen molar-refractivity contribution in [1.82, 2.24) is 10.2 Å². The lowest BCUT2D eigenvalue weighted by atomic mass is 9.74. The number of hydrogen-bond donors (Lipinski definition) is 1. The largest absolute Gasteiger partial charge is 0.444 e.